The van der Waals surface area contributed by atoms with Gasteiger partial charge in [-0.25, -0.2) is 0 Å². The highest BCUT2D eigenvalue weighted by molar-refractivity contribution is 7.18. The molecule has 0 spiro atoms. The lowest BCUT2D eigenvalue weighted by Gasteiger charge is -2.18. The number of aromatic nitrogens is 2. The van der Waals surface area contributed by atoms with Crippen molar-refractivity contribution in [1.82, 2.24) is 10.2 Å². The highest BCUT2D eigenvalue weighted by Gasteiger charge is 2.15. The molecule has 2 aromatic carbocycles. The van der Waals surface area contributed by atoms with Crippen molar-refractivity contribution in [2.45, 2.75) is 6.42 Å². The largest absolute Gasteiger partial charge is 0.486 e. The Morgan fingerprint density at radius 3 is 2.68 bits per heavy atom. The smallest absolute Gasteiger partial charge is 0.230 e. The molecule has 1 aliphatic rings. The Morgan fingerprint density at radius 1 is 1.04 bits per heavy atom. The van der Waals surface area contributed by atoms with Crippen molar-refractivity contribution in [3.05, 3.63) is 54.1 Å². The standard InChI is InChI=1S/C18H15N3O3S/c22-16(10-12-4-2-1-3-5-12)19-18-21-20-17(25-18)13-6-7-14-15(11-13)24-9-8-23-14/h1-7,11H,8-10H2,(H,19,21,22). The van der Waals surface area contributed by atoms with E-state index in [0.717, 1.165) is 16.9 Å². The van der Waals surface area contributed by atoms with E-state index < -0.39 is 0 Å². The summed E-state index contributed by atoms with van der Waals surface area (Å²) in [5, 5.41) is 12.2. The van der Waals surface area contributed by atoms with Gasteiger partial charge in [0.05, 0.1) is 6.42 Å². The van der Waals surface area contributed by atoms with Gasteiger partial charge in [-0.05, 0) is 23.8 Å². The Morgan fingerprint density at radius 2 is 1.84 bits per heavy atom. The molecule has 4 rings (SSSR count). The van der Waals surface area contributed by atoms with Gasteiger partial charge >= 0.3 is 0 Å². The van der Waals surface area contributed by atoms with Crippen molar-refractivity contribution in [1.29, 1.82) is 0 Å². The molecule has 7 heteroatoms. The Kier molecular flexibility index (Phi) is 4.30. The molecule has 3 aromatic rings. The number of rotatable bonds is 4. The van der Waals surface area contributed by atoms with E-state index >= 15 is 0 Å². The molecule has 0 unspecified atom stereocenters. The maximum Gasteiger partial charge on any atom is 0.230 e. The van der Waals surface area contributed by atoms with Crippen LogP contribution in [0.1, 0.15) is 5.56 Å². The van der Waals surface area contributed by atoms with Crippen LogP contribution in [0.15, 0.2) is 48.5 Å². The van der Waals surface area contributed by atoms with Crippen LogP contribution in [0.25, 0.3) is 10.6 Å². The molecule has 1 aromatic heterocycles. The SMILES string of the molecule is O=C(Cc1ccccc1)Nc1nnc(-c2ccc3c(c2)OCCO3)s1. The maximum atomic E-state index is 12.1. The topological polar surface area (TPSA) is 73.3 Å². The molecule has 0 bridgehead atoms. The highest BCUT2D eigenvalue weighted by Crippen LogP contribution is 2.36. The van der Waals surface area contributed by atoms with Gasteiger partial charge in [0.2, 0.25) is 11.0 Å². The number of fused-ring (bicyclic) bond motifs is 1. The zero-order valence-electron chi connectivity index (χ0n) is 13.3. The number of carbonyl (C=O) groups is 1. The van der Waals surface area contributed by atoms with Crippen LogP contribution in [-0.2, 0) is 11.2 Å². The second kappa shape index (κ2) is 6.90. The van der Waals surface area contributed by atoms with Gasteiger partial charge in [0.15, 0.2) is 11.5 Å². The van der Waals surface area contributed by atoms with Crippen molar-refractivity contribution < 1.29 is 14.3 Å². The average molecular weight is 353 g/mol. The van der Waals surface area contributed by atoms with E-state index in [1.54, 1.807) is 0 Å². The zero-order valence-corrected chi connectivity index (χ0v) is 14.1. The first-order valence-electron chi connectivity index (χ1n) is 7.85. The number of benzene rings is 2. The minimum atomic E-state index is -0.115. The van der Waals surface area contributed by atoms with E-state index in [0.29, 0.717) is 35.5 Å². The first-order chi connectivity index (χ1) is 12.3. The van der Waals surface area contributed by atoms with Gasteiger partial charge in [-0.2, -0.15) is 0 Å². The third kappa shape index (κ3) is 3.61. The zero-order chi connectivity index (χ0) is 17.1. The molecule has 0 saturated carbocycles. The molecule has 0 fully saturated rings. The average Bonchev–Trinajstić information content (AvgIpc) is 3.10. The fourth-order valence-electron chi connectivity index (χ4n) is 2.51. The number of hydrogen-bond acceptors (Lipinski definition) is 6. The van der Waals surface area contributed by atoms with Crippen molar-refractivity contribution in [2.75, 3.05) is 18.5 Å². The minimum absolute atomic E-state index is 0.115. The maximum absolute atomic E-state index is 12.1. The Bertz CT molecular complexity index is 896. The van der Waals surface area contributed by atoms with E-state index in [2.05, 4.69) is 15.5 Å². The number of ether oxygens (including phenoxy) is 2. The molecule has 25 heavy (non-hydrogen) atoms. The number of hydrogen-bond donors (Lipinski definition) is 1. The molecule has 1 aliphatic heterocycles. The number of amides is 1. The first-order valence-corrected chi connectivity index (χ1v) is 8.67. The molecule has 0 atom stereocenters. The molecule has 1 amide bonds. The predicted octanol–water partition coefficient (Wildman–Crippen LogP) is 3.16. The van der Waals surface area contributed by atoms with Gasteiger partial charge < -0.3 is 14.8 Å². The normalized spacial score (nSPS) is 12.6. The molecule has 0 radical (unpaired) electrons. The lowest BCUT2D eigenvalue weighted by atomic mass is 10.1. The van der Waals surface area contributed by atoms with Crippen molar-refractivity contribution >= 4 is 22.4 Å². The summed E-state index contributed by atoms with van der Waals surface area (Å²) in [4.78, 5) is 12.1. The van der Waals surface area contributed by atoms with E-state index in [9.17, 15) is 4.79 Å². The van der Waals surface area contributed by atoms with Gasteiger partial charge in [0.1, 0.15) is 18.2 Å². The van der Waals surface area contributed by atoms with Gasteiger partial charge in [-0.15, -0.1) is 10.2 Å². The fourth-order valence-corrected chi connectivity index (χ4v) is 3.27. The molecule has 0 aliphatic carbocycles. The number of nitrogens with zero attached hydrogens (tertiary/aromatic N) is 2. The summed E-state index contributed by atoms with van der Waals surface area (Å²) in [6, 6.07) is 15.2. The Balaban J connectivity index is 1.46. The molecule has 2 heterocycles. The van der Waals surface area contributed by atoms with Gasteiger partial charge in [-0.1, -0.05) is 41.7 Å². The van der Waals surface area contributed by atoms with Crippen molar-refractivity contribution in [3.8, 4) is 22.1 Å². The number of carbonyl (C=O) groups excluding carboxylic acids is 1. The Hall–Kier alpha value is -2.93. The molecule has 1 N–H and O–H groups in total. The Labute approximate surface area is 148 Å². The summed E-state index contributed by atoms with van der Waals surface area (Å²) in [6.07, 6.45) is 0.305. The predicted molar refractivity (Wildman–Crippen MR) is 95.1 cm³/mol. The van der Waals surface area contributed by atoms with Crippen LogP contribution >= 0.6 is 11.3 Å². The fraction of sp³-hybridized carbons (Fsp3) is 0.167. The second-order valence-electron chi connectivity index (χ2n) is 5.48. The van der Waals surface area contributed by atoms with Gasteiger partial charge in [0, 0.05) is 5.56 Å². The molecular formula is C18H15N3O3S. The minimum Gasteiger partial charge on any atom is -0.486 e. The van der Waals surface area contributed by atoms with Crippen molar-refractivity contribution in [2.24, 2.45) is 0 Å². The number of anilines is 1. The lowest BCUT2D eigenvalue weighted by Crippen LogP contribution is -2.15. The third-order valence-corrected chi connectivity index (χ3v) is 4.56. The summed E-state index contributed by atoms with van der Waals surface area (Å²) in [5.74, 6) is 1.32. The van der Waals surface area contributed by atoms with Crippen LogP contribution in [0, 0.1) is 0 Å². The first kappa shape index (κ1) is 15.6. The number of nitrogens with one attached hydrogen (secondary N) is 1. The molecule has 0 saturated heterocycles. The summed E-state index contributed by atoms with van der Waals surface area (Å²) in [6.45, 7) is 1.09. The quantitative estimate of drug-likeness (QED) is 0.780. The monoisotopic (exact) mass is 353 g/mol. The van der Waals surface area contributed by atoms with E-state index in [1.807, 2.05) is 48.5 Å². The van der Waals surface area contributed by atoms with Gasteiger partial charge in [0.25, 0.3) is 0 Å². The van der Waals surface area contributed by atoms with E-state index in [4.69, 9.17) is 9.47 Å². The molecule has 6 nitrogen and oxygen atoms in total. The van der Waals surface area contributed by atoms with Crippen LogP contribution in [0.5, 0.6) is 11.5 Å². The summed E-state index contributed by atoms with van der Waals surface area (Å²) in [7, 11) is 0. The van der Waals surface area contributed by atoms with Crippen LogP contribution in [0.2, 0.25) is 0 Å². The molecular weight excluding hydrogens is 338 g/mol. The summed E-state index contributed by atoms with van der Waals surface area (Å²) < 4.78 is 11.1. The lowest BCUT2D eigenvalue weighted by molar-refractivity contribution is -0.115. The van der Waals surface area contributed by atoms with E-state index in [1.165, 1.54) is 11.3 Å². The third-order valence-electron chi connectivity index (χ3n) is 3.67. The summed E-state index contributed by atoms with van der Waals surface area (Å²) >= 11 is 1.32. The van der Waals surface area contributed by atoms with Crippen LogP contribution in [-0.4, -0.2) is 29.3 Å². The van der Waals surface area contributed by atoms with Crippen LogP contribution in [0.3, 0.4) is 0 Å². The highest BCUT2D eigenvalue weighted by atomic mass is 32.1. The summed E-state index contributed by atoms with van der Waals surface area (Å²) in [5.41, 5.74) is 1.84. The van der Waals surface area contributed by atoms with Crippen molar-refractivity contribution in [3.63, 3.8) is 0 Å². The van der Waals surface area contributed by atoms with Crippen LogP contribution in [0.4, 0.5) is 5.13 Å². The second-order valence-corrected chi connectivity index (χ2v) is 6.46. The van der Waals surface area contributed by atoms with E-state index in [-0.39, 0.29) is 5.91 Å². The van der Waals surface area contributed by atoms with Gasteiger partial charge in [-0.3, -0.25) is 4.79 Å². The molecule has 126 valence electrons. The van der Waals surface area contributed by atoms with Crippen LogP contribution < -0.4 is 14.8 Å².